The zero-order valence-corrected chi connectivity index (χ0v) is 18.9. The van der Waals surface area contributed by atoms with Gasteiger partial charge in [-0.15, -0.1) is 13.2 Å². The van der Waals surface area contributed by atoms with Crippen molar-refractivity contribution in [1.82, 2.24) is 0 Å². The summed E-state index contributed by atoms with van der Waals surface area (Å²) in [5.41, 5.74) is -7.18. The maximum Gasteiger partial charge on any atom is 0.525 e. The number of hydrogen-bond acceptors (Lipinski definition) is 1. The lowest BCUT2D eigenvalue weighted by Crippen LogP contribution is -2.71. The highest BCUT2D eigenvalue weighted by atomic mass is 19.4. The van der Waals surface area contributed by atoms with E-state index in [9.17, 15) is 96.6 Å². The Morgan fingerprint density at radius 1 is 0.367 bits per heavy atom. The van der Waals surface area contributed by atoms with Crippen molar-refractivity contribution >= 4 is 0 Å². The van der Waals surface area contributed by atoms with Crippen molar-refractivity contribution in [2.24, 2.45) is 0 Å². The summed E-state index contributed by atoms with van der Waals surface area (Å²) in [5, 5.41) is 0. The number of halogens is 22. The molecular weight excluding hydrogens is 746 g/mol. The van der Waals surface area contributed by atoms with E-state index < -0.39 is 99.6 Å². The average Bonchev–Trinajstić information content (AvgIpc) is 2.53. The van der Waals surface area contributed by atoms with Gasteiger partial charge in [-0.2, -0.15) is 43.9 Å². The molecule has 0 saturated carbocycles. The molecule has 1 nitrogen and oxygen atoms in total. The minimum Gasteiger partial charge on any atom is -0.242 e. The Hall–Kier alpha value is -1.58. The van der Waals surface area contributed by atoms with Crippen LogP contribution in [0.1, 0.15) is 108 Å². The Morgan fingerprint density at radius 2 is 0.612 bits per heavy atom. The molecule has 23 heteroatoms. The predicted octanol–water partition coefficient (Wildman–Crippen LogP) is 15.7. The fourth-order valence-corrected chi connectivity index (χ4v) is 2.30. The van der Waals surface area contributed by atoms with Crippen LogP contribution >= 0.6 is 0 Å². The van der Waals surface area contributed by atoms with Gasteiger partial charge >= 0.3 is 59.6 Å². The molecule has 0 aromatic carbocycles. The van der Waals surface area contributed by atoms with Crippen LogP contribution in [0.5, 0.6) is 0 Å². The molecule has 0 radical (unpaired) electrons. The van der Waals surface area contributed by atoms with Gasteiger partial charge in [-0.05, 0) is 6.92 Å². The van der Waals surface area contributed by atoms with Crippen LogP contribution in [0.4, 0.5) is 96.6 Å². The van der Waals surface area contributed by atoms with Gasteiger partial charge in [0.2, 0.25) is 0 Å². The fourth-order valence-electron chi connectivity index (χ4n) is 2.30. The van der Waals surface area contributed by atoms with Crippen LogP contribution in [-0.2, 0) is 4.74 Å². The van der Waals surface area contributed by atoms with E-state index in [0.717, 1.165) is 0 Å². The van der Waals surface area contributed by atoms with Crippen LogP contribution < -0.4 is 0 Å². The molecule has 0 fully saturated rings. The van der Waals surface area contributed by atoms with Crippen LogP contribution in [0, 0.1) is 0 Å². The first-order valence-electron chi connectivity index (χ1n) is 9.02. The fraction of sp³-hybridized carbons (Fsp3) is 1.00. The lowest BCUT2D eigenvalue weighted by atomic mass is 9.83. The second-order valence-electron chi connectivity index (χ2n) is 8.06. The zero-order valence-electron chi connectivity index (χ0n) is 18.9. The van der Waals surface area contributed by atoms with Crippen molar-refractivity contribution in [2.45, 2.75) is 174 Å². The Bertz CT molecular complexity index is 814. The van der Waals surface area contributed by atoms with Gasteiger partial charge in [0.25, 0.3) is 5.92 Å². The van der Waals surface area contributed by atoms with Gasteiger partial charge in [0.05, 0.1) is 6.42 Å². The van der Waals surface area contributed by atoms with Crippen LogP contribution in [0.15, 0.2) is 0 Å². The summed E-state index contributed by atoms with van der Waals surface area (Å²) in [6.45, 7) is -2.79. The Balaban J connectivity index is -0.0000000467. The molecule has 0 saturated heterocycles. The van der Waals surface area contributed by atoms with Gasteiger partial charge in [-0.1, -0.05) is 74.3 Å². The lowest BCUT2D eigenvalue weighted by Gasteiger charge is -2.42. The number of ether oxygens (including phenoxy) is 1. The molecule has 0 aromatic rings. The van der Waals surface area contributed by atoms with E-state index in [-0.39, 0.29) is 74.3 Å². The SMILES string of the molecule is C.C.C.C.C.C.C.C.C.C.CC(F)(F)C(F)(F)C(F)(OC(F)(F)F)C(C)(F)F.CC(F)(F)CC(F)(F)C(F)(C(F)(F)F)C(F)(F)C(C)(F)F. The first kappa shape index (κ1) is 81.4. The molecule has 0 aliphatic rings. The summed E-state index contributed by atoms with van der Waals surface area (Å²) in [5.74, 6) is -47.8. The average molecular weight is 801 g/mol. The Kier molecular flexibility index (Phi) is 36.1. The Labute approximate surface area is 276 Å². The van der Waals surface area contributed by atoms with Gasteiger partial charge in [0.1, 0.15) is 0 Å². The van der Waals surface area contributed by atoms with Gasteiger partial charge in [0.15, 0.2) is 0 Å². The molecule has 0 bridgehead atoms. The van der Waals surface area contributed by atoms with E-state index in [1.54, 1.807) is 0 Å². The van der Waals surface area contributed by atoms with E-state index >= 15 is 0 Å². The summed E-state index contributed by atoms with van der Waals surface area (Å²) in [4.78, 5) is 0. The minimum absolute atomic E-state index is 0. The summed E-state index contributed by atoms with van der Waals surface area (Å²) >= 11 is 0. The summed E-state index contributed by atoms with van der Waals surface area (Å²) < 4.78 is 277. The third-order valence-corrected chi connectivity index (χ3v) is 4.19. The van der Waals surface area contributed by atoms with E-state index in [0.29, 0.717) is 0 Å². The van der Waals surface area contributed by atoms with Gasteiger partial charge in [-0.3, -0.25) is 0 Å². The first-order chi connectivity index (χ1) is 16.2. The lowest BCUT2D eigenvalue weighted by molar-refractivity contribution is -0.482. The van der Waals surface area contributed by atoms with Crippen molar-refractivity contribution in [3.63, 3.8) is 0 Å². The maximum absolute atomic E-state index is 13.4. The van der Waals surface area contributed by atoms with Crippen LogP contribution in [0.2, 0.25) is 0 Å². The quantitative estimate of drug-likeness (QED) is 0.211. The summed E-state index contributed by atoms with van der Waals surface area (Å²) in [6.07, 6.45) is -16.9. The molecule has 0 N–H and O–H groups in total. The highest BCUT2D eigenvalue weighted by Gasteiger charge is 2.88. The molecule has 0 heterocycles. The molecule has 2 atom stereocenters. The smallest absolute Gasteiger partial charge is 0.242 e. The van der Waals surface area contributed by atoms with E-state index in [4.69, 9.17) is 0 Å². The second-order valence-corrected chi connectivity index (χ2v) is 8.06. The topological polar surface area (TPSA) is 9.23 Å². The molecule has 0 spiro atoms. The number of hydrogen-bond donors (Lipinski definition) is 0. The predicted molar refractivity (Wildman–Crippen MR) is 150 cm³/mol. The molecule has 0 aromatic heterocycles. The van der Waals surface area contributed by atoms with Crippen molar-refractivity contribution in [3.8, 4) is 0 Å². The van der Waals surface area contributed by atoms with Crippen molar-refractivity contribution < 1.29 is 101 Å². The maximum atomic E-state index is 13.4. The van der Waals surface area contributed by atoms with Crippen molar-refractivity contribution in [1.29, 1.82) is 0 Å². The minimum atomic E-state index is -7.23. The van der Waals surface area contributed by atoms with E-state index in [1.807, 2.05) is 4.74 Å². The first-order valence-corrected chi connectivity index (χ1v) is 9.02. The van der Waals surface area contributed by atoms with E-state index in [1.165, 1.54) is 0 Å². The summed E-state index contributed by atoms with van der Waals surface area (Å²) in [6, 6.07) is 0. The standard InChI is InChI=1S/C9H8F12.C7H6F10O.10CH4/c1-4(10,11)3-6(14,15)7(16,9(19,20)21)8(17,18)5(2,12)13;1-3(8,9)5(12,13)6(14,4(2,10)11)18-7(15,16)17;;;;;;;;;;/h3H2,1-2H3;1-2H3;10*1H4. The van der Waals surface area contributed by atoms with Crippen molar-refractivity contribution in [2.75, 3.05) is 0 Å². The monoisotopic (exact) mass is 800 g/mol. The third kappa shape index (κ3) is 17.0. The van der Waals surface area contributed by atoms with Crippen LogP contribution in [0.3, 0.4) is 0 Å². The van der Waals surface area contributed by atoms with Gasteiger partial charge in [0, 0.05) is 20.8 Å². The van der Waals surface area contributed by atoms with Gasteiger partial charge < -0.3 is 0 Å². The normalized spacial score (nSPS) is 14.8. The highest BCUT2D eigenvalue weighted by Crippen LogP contribution is 2.60. The molecule has 0 rings (SSSR count). The molecular formula is C26H54F22O. The molecule has 49 heavy (non-hydrogen) atoms. The third-order valence-electron chi connectivity index (χ3n) is 4.19. The number of rotatable bonds is 9. The van der Waals surface area contributed by atoms with Crippen molar-refractivity contribution in [3.05, 3.63) is 0 Å². The molecule has 318 valence electrons. The number of alkyl halides is 22. The molecule has 0 aliphatic heterocycles. The Morgan fingerprint density at radius 3 is 0.755 bits per heavy atom. The zero-order chi connectivity index (χ0) is 32.9. The second kappa shape index (κ2) is 21.7. The molecule has 0 aliphatic carbocycles. The molecule has 2 unspecified atom stereocenters. The largest absolute Gasteiger partial charge is 0.525 e. The van der Waals surface area contributed by atoms with E-state index in [2.05, 4.69) is 0 Å². The van der Waals surface area contributed by atoms with Gasteiger partial charge in [-0.25, -0.2) is 44.3 Å². The molecule has 0 amide bonds. The van der Waals surface area contributed by atoms with Crippen LogP contribution in [-0.4, -0.2) is 65.5 Å². The summed E-state index contributed by atoms with van der Waals surface area (Å²) in [7, 11) is 0. The highest BCUT2D eigenvalue weighted by molar-refractivity contribution is 5.13. The van der Waals surface area contributed by atoms with Crippen LogP contribution in [0.25, 0.3) is 0 Å².